The molecule has 0 N–H and O–H groups in total. The molecule has 1 aromatic carbocycles. The molecule has 0 amide bonds. The lowest BCUT2D eigenvalue weighted by molar-refractivity contribution is 0.917. The molecule has 0 fully saturated rings. The molecule has 3 heteroatoms. The third kappa shape index (κ3) is 3.05. The van der Waals surface area contributed by atoms with E-state index in [0.717, 1.165) is 23.4 Å². The Balaban J connectivity index is 2.85. The molecule has 0 aliphatic heterocycles. The second-order valence-electron chi connectivity index (χ2n) is 2.80. The van der Waals surface area contributed by atoms with Gasteiger partial charge in [-0.25, -0.2) is 0 Å². The maximum Gasteiger partial charge on any atom is 0.0491 e. The largest absolute Gasteiger partial charge is 0.127 e. The molecular formula is C10H11Cl3. The zero-order valence-electron chi connectivity index (χ0n) is 7.19. The number of halogens is 3. The van der Waals surface area contributed by atoms with E-state index in [0.29, 0.717) is 11.8 Å². The van der Waals surface area contributed by atoms with Gasteiger partial charge in [-0.15, -0.1) is 23.2 Å². The standard InChI is InChI=1S/C10H11Cl3/c11-6-2-4-8-3-1-5-10(13)9(8)7-12/h1,3,5H,2,4,6-7H2. The van der Waals surface area contributed by atoms with E-state index in [-0.39, 0.29) is 0 Å². The van der Waals surface area contributed by atoms with Crippen LogP contribution < -0.4 is 0 Å². The Morgan fingerprint density at radius 3 is 2.54 bits per heavy atom. The van der Waals surface area contributed by atoms with E-state index < -0.39 is 0 Å². The summed E-state index contributed by atoms with van der Waals surface area (Å²) in [5.74, 6) is 1.14. The van der Waals surface area contributed by atoms with Crippen molar-refractivity contribution >= 4 is 34.8 Å². The van der Waals surface area contributed by atoms with Crippen molar-refractivity contribution in [2.45, 2.75) is 18.7 Å². The third-order valence-electron chi connectivity index (χ3n) is 1.93. The molecule has 0 heterocycles. The van der Waals surface area contributed by atoms with Crippen LogP contribution in [0.15, 0.2) is 18.2 Å². The Bertz CT molecular complexity index is 271. The van der Waals surface area contributed by atoms with Crippen molar-refractivity contribution < 1.29 is 0 Å². The van der Waals surface area contributed by atoms with E-state index in [1.165, 1.54) is 5.56 Å². The van der Waals surface area contributed by atoms with Crippen LogP contribution in [-0.4, -0.2) is 5.88 Å². The van der Waals surface area contributed by atoms with Gasteiger partial charge in [0, 0.05) is 16.8 Å². The molecular weight excluding hydrogens is 226 g/mol. The minimum Gasteiger partial charge on any atom is -0.127 e. The van der Waals surface area contributed by atoms with Gasteiger partial charge in [0.15, 0.2) is 0 Å². The van der Waals surface area contributed by atoms with E-state index in [9.17, 15) is 0 Å². The van der Waals surface area contributed by atoms with Gasteiger partial charge in [-0.3, -0.25) is 0 Å². The fourth-order valence-electron chi connectivity index (χ4n) is 1.24. The fraction of sp³-hybridized carbons (Fsp3) is 0.400. The molecule has 0 nitrogen and oxygen atoms in total. The van der Waals surface area contributed by atoms with Gasteiger partial charge in [0.25, 0.3) is 0 Å². The molecule has 0 saturated carbocycles. The predicted octanol–water partition coefficient (Wildman–Crippen LogP) is 4.25. The fourth-order valence-corrected chi connectivity index (χ4v) is 2.02. The van der Waals surface area contributed by atoms with Crippen LogP contribution in [0.5, 0.6) is 0 Å². The molecule has 72 valence electrons. The summed E-state index contributed by atoms with van der Waals surface area (Å²) in [6.07, 6.45) is 1.91. The van der Waals surface area contributed by atoms with Crippen molar-refractivity contribution in [2.75, 3.05) is 5.88 Å². The van der Waals surface area contributed by atoms with Crippen molar-refractivity contribution in [3.63, 3.8) is 0 Å². The summed E-state index contributed by atoms with van der Waals surface area (Å²) in [5, 5.41) is 0.752. The minimum absolute atomic E-state index is 0.470. The molecule has 1 rings (SSSR count). The first kappa shape index (κ1) is 11.2. The highest BCUT2D eigenvalue weighted by Gasteiger charge is 2.04. The average molecular weight is 238 g/mol. The van der Waals surface area contributed by atoms with Gasteiger partial charge in [-0.2, -0.15) is 0 Å². The van der Waals surface area contributed by atoms with Gasteiger partial charge in [0.05, 0.1) is 0 Å². The first-order chi connectivity index (χ1) is 6.29. The van der Waals surface area contributed by atoms with E-state index in [1.54, 1.807) is 0 Å². The maximum absolute atomic E-state index is 5.99. The average Bonchev–Trinajstić information content (AvgIpc) is 2.15. The van der Waals surface area contributed by atoms with Gasteiger partial charge in [0.2, 0.25) is 0 Å². The van der Waals surface area contributed by atoms with Gasteiger partial charge < -0.3 is 0 Å². The number of alkyl halides is 2. The van der Waals surface area contributed by atoms with Crippen molar-refractivity contribution in [1.82, 2.24) is 0 Å². The lowest BCUT2D eigenvalue weighted by atomic mass is 10.0. The molecule has 0 unspecified atom stereocenters. The molecule has 0 radical (unpaired) electrons. The van der Waals surface area contributed by atoms with E-state index in [4.69, 9.17) is 34.8 Å². The van der Waals surface area contributed by atoms with Crippen LogP contribution in [0, 0.1) is 0 Å². The lowest BCUT2D eigenvalue weighted by Gasteiger charge is -2.07. The van der Waals surface area contributed by atoms with Crippen molar-refractivity contribution in [3.8, 4) is 0 Å². The van der Waals surface area contributed by atoms with Crippen molar-refractivity contribution in [1.29, 1.82) is 0 Å². The highest BCUT2D eigenvalue weighted by atomic mass is 35.5. The van der Waals surface area contributed by atoms with Crippen LogP contribution >= 0.6 is 34.8 Å². The van der Waals surface area contributed by atoms with Crippen molar-refractivity contribution in [2.24, 2.45) is 0 Å². The van der Waals surface area contributed by atoms with Crippen LogP contribution in [0.2, 0.25) is 5.02 Å². The van der Waals surface area contributed by atoms with Crippen LogP contribution in [0.4, 0.5) is 0 Å². The molecule has 13 heavy (non-hydrogen) atoms. The molecule has 1 aromatic rings. The summed E-state index contributed by atoms with van der Waals surface area (Å²) in [6.45, 7) is 0. The summed E-state index contributed by atoms with van der Waals surface area (Å²) in [6, 6.07) is 5.86. The van der Waals surface area contributed by atoms with Crippen LogP contribution in [0.1, 0.15) is 17.5 Å². The topological polar surface area (TPSA) is 0 Å². The molecule has 0 aliphatic rings. The van der Waals surface area contributed by atoms with E-state index in [1.807, 2.05) is 12.1 Å². The highest BCUT2D eigenvalue weighted by Crippen LogP contribution is 2.23. The van der Waals surface area contributed by atoms with E-state index in [2.05, 4.69) is 6.07 Å². The summed E-state index contributed by atoms with van der Waals surface area (Å²) in [5.41, 5.74) is 2.25. The van der Waals surface area contributed by atoms with Gasteiger partial charge in [0.1, 0.15) is 0 Å². The molecule has 0 spiro atoms. The molecule has 0 saturated heterocycles. The molecule has 0 atom stereocenters. The van der Waals surface area contributed by atoms with Crippen molar-refractivity contribution in [3.05, 3.63) is 34.3 Å². The first-order valence-corrected chi connectivity index (χ1v) is 5.62. The zero-order chi connectivity index (χ0) is 9.68. The van der Waals surface area contributed by atoms with Crippen LogP contribution in [-0.2, 0) is 12.3 Å². The number of aryl methyl sites for hydroxylation is 1. The predicted molar refractivity (Wildman–Crippen MR) is 60.1 cm³/mol. The van der Waals surface area contributed by atoms with Gasteiger partial charge >= 0.3 is 0 Å². The number of hydrogen-bond donors (Lipinski definition) is 0. The van der Waals surface area contributed by atoms with Gasteiger partial charge in [-0.05, 0) is 30.0 Å². The first-order valence-electron chi connectivity index (χ1n) is 4.17. The minimum atomic E-state index is 0.470. The molecule has 0 aromatic heterocycles. The summed E-state index contributed by atoms with van der Waals surface area (Å²) < 4.78 is 0. The van der Waals surface area contributed by atoms with Gasteiger partial charge in [-0.1, -0.05) is 23.7 Å². The number of rotatable bonds is 4. The SMILES string of the molecule is ClCCCc1cccc(Cl)c1CCl. The smallest absolute Gasteiger partial charge is 0.0491 e. The Morgan fingerprint density at radius 1 is 1.15 bits per heavy atom. The van der Waals surface area contributed by atoms with Crippen LogP contribution in [0.3, 0.4) is 0 Å². The van der Waals surface area contributed by atoms with E-state index >= 15 is 0 Å². The second kappa shape index (κ2) is 5.74. The Kier molecular flexibility index (Phi) is 4.93. The number of hydrogen-bond acceptors (Lipinski definition) is 0. The maximum atomic E-state index is 5.99. The highest BCUT2D eigenvalue weighted by molar-refractivity contribution is 6.32. The Hall–Kier alpha value is 0.0900. The molecule has 0 bridgehead atoms. The molecule has 0 aliphatic carbocycles. The second-order valence-corrected chi connectivity index (χ2v) is 3.86. The quantitative estimate of drug-likeness (QED) is 0.687. The lowest BCUT2D eigenvalue weighted by Crippen LogP contribution is -1.93. The summed E-state index contributed by atoms with van der Waals surface area (Å²) in [7, 11) is 0. The monoisotopic (exact) mass is 236 g/mol. The zero-order valence-corrected chi connectivity index (χ0v) is 9.46. The summed E-state index contributed by atoms with van der Waals surface area (Å²) in [4.78, 5) is 0. The third-order valence-corrected chi connectivity index (χ3v) is 2.82. The summed E-state index contributed by atoms with van der Waals surface area (Å²) >= 11 is 17.4. The number of benzene rings is 1. The normalized spacial score (nSPS) is 10.4. The Morgan fingerprint density at radius 2 is 1.92 bits per heavy atom. The van der Waals surface area contributed by atoms with Crippen LogP contribution in [0.25, 0.3) is 0 Å². The Labute approximate surface area is 93.8 Å².